The van der Waals surface area contributed by atoms with Crippen molar-refractivity contribution in [3.8, 4) is 0 Å². The van der Waals surface area contributed by atoms with Gasteiger partial charge in [-0.15, -0.1) is 0 Å². The molecular weight excluding hydrogens is 302 g/mol. The third-order valence-electron chi connectivity index (χ3n) is 2.47. The van der Waals surface area contributed by atoms with Gasteiger partial charge in [-0.05, 0) is 24.6 Å². The molecule has 0 aliphatic heterocycles. The fourth-order valence-electron chi connectivity index (χ4n) is 1.55. The number of anilines is 2. The molecule has 1 rings (SSSR count). The van der Waals surface area contributed by atoms with Crippen molar-refractivity contribution in [3.05, 3.63) is 23.2 Å². The predicted octanol–water partition coefficient (Wildman–Crippen LogP) is 1.78. The SMILES string of the molecule is CCC[C@@H](N)C(=O)Nc1ccc(NS(C)(=O)=O)c(Cl)c1. The van der Waals surface area contributed by atoms with Crippen molar-refractivity contribution in [2.45, 2.75) is 25.8 Å². The normalized spacial score (nSPS) is 12.8. The maximum atomic E-state index is 11.7. The van der Waals surface area contributed by atoms with Crippen LogP contribution in [0.25, 0.3) is 0 Å². The summed E-state index contributed by atoms with van der Waals surface area (Å²) in [5, 5.41) is 2.82. The molecule has 0 aliphatic rings. The summed E-state index contributed by atoms with van der Waals surface area (Å²) in [6.45, 7) is 1.94. The Kier molecular flexibility index (Phi) is 5.79. The Morgan fingerprint density at radius 3 is 2.60 bits per heavy atom. The molecule has 0 saturated heterocycles. The highest BCUT2D eigenvalue weighted by Crippen LogP contribution is 2.26. The van der Waals surface area contributed by atoms with Gasteiger partial charge in [0.05, 0.1) is 23.0 Å². The van der Waals surface area contributed by atoms with Gasteiger partial charge >= 0.3 is 0 Å². The van der Waals surface area contributed by atoms with Crippen LogP contribution in [0.15, 0.2) is 18.2 Å². The number of halogens is 1. The van der Waals surface area contributed by atoms with Crippen molar-refractivity contribution in [1.29, 1.82) is 0 Å². The number of nitrogens with one attached hydrogen (secondary N) is 2. The quantitative estimate of drug-likeness (QED) is 0.743. The van der Waals surface area contributed by atoms with E-state index in [1.165, 1.54) is 12.1 Å². The molecule has 112 valence electrons. The minimum Gasteiger partial charge on any atom is -0.325 e. The standard InChI is InChI=1S/C12H18ClN3O3S/c1-3-4-10(14)12(17)15-8-5-6-11(9(13)7-8)16-20(2,18)19/h5-7,10,16H,3-4,14H2,1-2H3,(H,15,17)/t10-/m1/s1. The first-order valence-corrected chi connectivity index (χ1v) is 8.33. The second kappa shape index (κ2) is 6.92. The average molecular weight is 320 g/mol. The first-order chi connectivity index (χ1) is 9.23. The van der Waals surface area contributed by atoms with Gasteiger partial charge in [-0.25, -0.2) is 8.42 Å². The van der Waals surface area contributed by atoms with Gasteiger partial charge in [0.1, 0.15) is 0 Å². The summed E-state index contributed by atoms with van der Waals surface area (Å²) in [5.41, 5.74) is 6.41. The Balaban J connectivity index is 2.80. The highest BCUT2D eigenvalue weighted by atomic mass is 35.5. The fourth-order valence-corrected chi connectivity index (χ4v) is 2.41. The third-order valence-corrected chi connectivity index (χ3v) is 3.37. The van der Waals surface area contributed by atoms with Gasteiger partial charge in [0.2, 0.25) is 15.9 Å². The van der Waals surface area contributed by atoms with E-state index in [1.54, 1.807) is 6.07 Å². The highest BCUT2D eigenvalue weighted by Gasteiger charge is 2.13. The zero-order chi connectivity index (χ0) is 15.3. The second-order valence-electron chi connectivity index (χ2n) is 4.45. The molecule has 1 amide bonds. The maximum Gasteiger partial charge on any atom is 0.241 e. The van der Waals surface area contributed by atoms with Crippen LogP contribution < -0.4 is 15.8 Å². The molecule has 0 aliphatic carbocycles. The van der Waals surface area contributed by atoms with Crippen LogP contribution in [0.4, 0.5) is 11.4 Å². The van der Waals surface area contributed by atoms with E-state index in [-0.39, 0.29) is 16.6 Å². The topological polar surface area (TPSA) is 101 Å². The van der Waals surface area contributed by atoms with E-state index in [2.05, 4.69) is 10.0 Å². The molecule has 0 heterocycles. The van der Waals surface area contributed by atoms with Crippen molar-refractivity contribution < 1.29 is 13.2 Å². The van der Waals surface area contributed by atoms with E-state index in [0.29, 0.717) is 12.1 Å². The molecule has 0 saturated carbocycles. The number of nitrogens with two attached hydrogens (primary N) is 1. The lowest BCUT2D eigenvalue weighted by atomic mass is 10.1. The van der Waals surface area contributed by atoms with Crippen molar-refractivity contribution in [1.82, 2.24) is 0 Å². The molecule has 1 aromatic rings. The van der Waals surface area contributed by atoms with E-state index in [9.17, 15) is 13.2 Å². The molecule has 20 heavy (non-hydrogen) atoms. The summed E-state index contributed by atoms with van der Waals surface area (Å²) in [4.78, 5) is 11.7. The molecule has 0 spiro atoms. The van der Waals surface area contributed by atoms with Crippen LogP contribution in [-0.2, 0) is 14.8 Å². The predicted molar refractivity (Wildman–Crippen MR) is 81.4 cm³/mol. The summed E-state index contributed by atoms with van der Waals surface area (Å²) in [5.74, 6) is -0.299. The van der Waals surface area contributed by atoms with Gasteiger partial charge in [0.15, 0.2) is 0 Å². The van der Waals surface area contributed by atoms with E-state index in [1.807, 2.05) is 6.92 Å². The van der Waals surface area contributed by atoms with Crippen molar-refractivity contribution in [2.75, 3.05) is 16.3 Å². The fraction of sp³-hybridized carbons (Fsp3) is 0.417. The Hall–Kier alpha value is -1.31. The molecule has 8 heteroatoms. The van der Waals surface area contributed by atoms with E-state index < -0.39 is 16.1 Å². The van der Waals surface area contributed by atoms with Crippen LogP contribution in [0.1, 0.15) is 19.8 Å². The lowest BCUT2D eigenvalue weighted by Crippen LogP contribution is -2.35. The zero-order valence-corrected chi connectivity index (χ0v) is 12.9. The van der Waals surface area contributed by atoms with Crippen LogP contribution in [0.2, 0.25) is 5.02 Å². The van der Waals surface area contributed by atoms with E-state index in [4.69, 9.17) is 17.3 Å². The summed E-state index contributed by atoms with van der Waals surface area (Å²) >= 11 is 5.95. The number of sulfonamides is 1. The Labute approximate surface area is 123 Å². The Morgan fingerprint density at radius 2 is 2.10 bits per heavy atom. The molecular formula is C12H18ClN3O3S. The smallest absolute Gasteiger partial charge is 0.241 e. The van der Waals surface area contributed by atoms with Crippen LogP contribution in [0, 0.1) is 0 Å². The number of rotatable bonds is 6. The lowest BCUT2D eigenvalue weighted by Gasteiger charge is -2.12. The number of benzene rings is 1. The molecule has 0 radical (unpaired) electrons. The van der Waals surface area contributed by atoms with E-state index >= 15 is 0 Å². The maximum absolute atomic E-state index is 11.7. The molecule has 1 aromatic carbocycles. The Bertz CT molecular complexity index is 590. The van der Waals surface area contributed by atoms with Crippen molar-refractivity contribution in [3.63, 3.8) is 0 Å². The van der Waals surface area contributed by atoms with Crippen molar-refractivity contribution >= 4 is 38.9 Å². The number of carbonyl (C=O) groups is 1. The van der Waals surface area contributed by atoms with Gasteiger partial charge in [-0.3, -0.25) is 9.52 Å². The minimum atomic E-state index is -3.40. The minimum absolute atomic E-state index is 0.192. The molecule has 4 N–H and O–H groups in total. The van der Waals surface area contributed by atoms with E-state index in [0.717, 1.165) is 12.7 Å². The molecule has 0 bridgehead atoms. The van der Waals surface area contributed by atoms with Gasteiger partial charge in [0.25, 0.3) is 0 Å². The first kappa shape index (κ1) is 16.7. The summed E-state index contributed by atoms with van der Waals surface area (Å²) in [6, 6.07) is 3.92. The Morgan fingerprint density at radius 1 is 1.45 bits per heavy atom. The molecule has 0 unspecified atom stereocenters. The number of carbonyl (C=O) groups excluding carboxylic acids is 1. The second-order valence-corrected chi connectivity index (χ2v) is 6.61. The van der Waals surface area contributed by atoms with Crippen molar-refractivity contribution in [2.24, 2.45) is 5.73 Å². The number of amides is 1. The first-order valence-electron chi connectivity index (χ1n) is 6.06. The van der Waals surface area contributed by atoms with Gasteiger partial charge < -0.3 is 11.1 Å². The van der Waals surface area contributed by atoms with Gasteiger partial charge in [-0.2, -0.15) is 0 Å². The van der Waals surface area contributed by atoms with Gasteiger partial charge in [0, 0.05) is 5.69 Å². The van der Waals surface area contributed by atoms with Crippen LogP contribution in [-0.4, -0.2) is 26.6 Å². The van der Waals surface area contributed by atoms with Crippen LogP contribution >= 0.6 is 11.6 Å². The summed E-state index contributed by atoms with van der Waals surface area (Å²) in [7, 11) is -3.40. The molecule has 0 aromatic heterocycles. The van der Waals surface area contributed by atoms with Crippen LogP contribution in [0.5, 0.6) is 0 Å². The average Bonchev–Trinajstić information content (AvgIpc) is 2.31. The molecule has 6 nitrogen and oxygen atoms in total. The highest BCUT2D eigenvalue weighted by molar-refractivity contribution is 7.92. The largest absolute Gasteiger partial charge is 0.325 e. The number of hydrogen-bond donors (Lipinski definition) is 3. The van der Waals surface area contributed by atoms with Gasteiger partial charge in [-0.1, -0.05) is 24.9 Å². The third kappa shape index (κ3) is 5.36. The molecule has 1 atom stereocenters. The van der Waals surface area contributed by atoms with Crippen LogP contribution in [0.3, 0.4) is 0 Å². The molecule has 0 fully saturated rings. The summed E-state index contributed by atoms with van der Waals surface area (Å²) in [6.07, 6.45) is 2.43. The lowest BCUT2D eigenvalue weighted by molar-refractivity contribution is -0.117. The summed E-state index contributed by atoms with van der Waals surface area (Å²) < 4.78 is 24.5. The number of hydrogen-bond acceptors (Lipinski definition) is 4. The zero-order valence-electron chi connectivity index (χ0n) is 11.3. The monoisotopic (exact) mass is 319 g/mol.